The minimum Gasteiger partial charge on any atom is -0.395 e. The van der Waals surface area contributed by atoms with Crippen molar-refractivity contribution in [2.24, 2.45) is 5.84 Å². The number of carbonyl (C=O) groups is 1. The molecular weight excluding hydrogens is 218 g/mol. The lowest BCUT2D eigenvalue weighted by atomic mass is 9.93. The summed E-state index contributed by atoms with van der Waals surface area (Å²) >= 11 is 0. The van der Waals surface area contributed by atoms with Crippen LogP contribution in [0, 0.1) is 0 Å². The molecule has 0 aromatic heterocycles. The van der Waals surface area contributed by atoms with Crippen LogP contribution in [0.5, 0.6) is 0 Å². The number of amides is 1. The number of nitrogens with two attached hydrogens (primary N) is 1. The highest BCUT2D eigenvalue weighted by molar-refractivity contribution is 5.75. The SMILES string of the molecule is CC(CC(=O)NN)N(CCO)C1CCCCC1. The molecule has 1 fully saturated rings. The van der Waals surface area contributed by atoms with E-state index in [1.165, 1.54) is 32.1 Å². The number of hydrazine groups is 1. The smallest absolute Gasteiger partial charge is 0.235 e. The van der Waals surface area contributed by atoms with E-state index in [-0.39, 0.29) is 18.6 Å². The Morgan fingerprint density at radius 3 is 2.65 bits per heavy atom. The van der Waals surface area contributed by atoms with Crippen LogP contribution in [-0.4, -0.2) is 41.1 Å². The minimum atomic E-state index is -0.142. The normalized spacial score (nSPS) is 19.3. The third-order valence-corrected chi connectivity index (χ3v) is 3.61. The molecule has 1 aliphatic carbocycles. The lowest BCUT2D eigenvalue weighted by Crippen LogP contribution is -2.46. The number of hydrogen-bond donors (Lipinski definition) is 3. The topological polar surface area (TPSA) is 78.6 Å². The molecule has 0 radical (unpaired) electrons. The second-order valence-electron chi connectivity index (χ2n) is 4.87. The van der Waals surface area contributed by atoms with Crippen molar-refractivity contribution in [3.63, 3.8) is 0 Å². The van der Waals surface area contributed by atoms with Gasteiger partial charge in [-0.1, -0.05) is 19.3 Å². The summed E-state index contributed by atoms with van der Waals surface area (Å²) in [6.45, 7) is 2.81. The maximum Gasteiger partial charge on any atom is 0.235 e. The van der Waals surface area contributed by atoms with Crippen LogP contribution in [0.1, 0.15) is 45.4 Å². The van der Waals surface area contributed by atoms with Crippen molar-refractivity contribution in [1.82, 2.24) is 10.3 Å². The lowest BCUT2D eigenvalue weighted by Gasteiger charge is -2.38. The van der Waals surface area contributed by atoms with E-state index in [9.17, 15) is 4.79 Å². The van der Waals surface area contributed by atoms with E-state index in [2.05, 4.69) is 10.3 Å². The zero-order valence-corrected chi connectivity index (χ0v) is 10.7. The maximum absolute atomic E-state index is 11.3. The molecule has 0 spiro atoms. The molecule has 0 bridgehead atoms. The maximum atomic E-state index is 11.3. The van der Waals surface area contributed by atoms with Crippen LogP contribution in [0.25, 0.3) is 0 Å². The summed E-state index contributed by atoms with van der Waals surface area (Å²) in [5.41, 5.74) is 2.17. The molecule has 1 unspecified atom stereocenters. The van der Waals surface area contributed by atoms with Gasteiger partial charge in [-0.25, -0.2) is 5.84 Å². The predicted molar refractivity (Wildman–Crippen MR) is 67.1 cm³/mol. The first-order valence-corrected chi connectivity index (χ1v) is 6.55. The van der Waals surface area contributed by atoms with Gasteiger partial charge in [-0.15, -0.1) is 0 Å². The van der Waals surface area contributed by atoms with E-state index in [0.29, 0.717) is 19.0 Å². The third kappa shape index (κ3) is 4.61. The fourth-order valence-corrected chi connectivity index (χ4v) is 2.74. The quantitative estimate of drug-likeness (QED) is 0.358. The Labute approximate surface area is 103 Å². The summed E-state index contributed by atoms with van der Waals surface area (Å²) in [6.07, 6.45) is 6.56. The van der Waals surface area contributed by atoms with Gasteiger partial charge in [0.1, 0.15) is 0 Å². The highest BCUT2D eigenvalue weighted by atomic mass is 16.3. The molecule has 1 rings (SSSR count). The van der Waals surface area contributed by atoms with Gasteiger partial charge in [0, 0.05) is 25.0 Å². The molecule has 0 heterocycles. The third-order valence-electron chi connectivity index (χ3n) is 3.61. The number of carbonyl (C=O) groups excluding carboxylic acids is 1. The molecule has 0 saturated heterocycles. The average Bonchev–Trinajstić information content (AvgIpc) is 2.36. The van der Waals surface area contributed by atoms with Gasteiger partial charge in [0.15, 0.2) is 0 Å². The van der Waals surface area contributed by atoms with Gasteiger partial charge < -0.3 is 5.11 Å². The van der Waals surface area contributed by atoms with Crippen LogP contribution >= 0.6 is 0 Å². The van der Waals surface area contributed by atoms with Gasteiger partial charge >= 0.3 is 0 Å². The van der Waals surface area contributed by atoms with Crippen LogP contribution in [-0.2, 0) is 4.79 Å². The molecule has 1 aliphatic rings. The molecule has 5 heteroatoms. The molecule has 4 N–H and O–H groups in total. The van der Waals surface area contributed by atoms with Gasteiger partial charge in [-0.05, 0) is 19.8 Å². The summed E-state index contributed by atoms with van der Waals surface area (Å²) in [7, 11) is 0. The van der Waals surface area contributed by atoms with Gasteiger partial charge in [-0.3, -0.25) is 15.1 Å². The highest BCUT2D eigenvalue weighted by Gasteiger charge is 2.25. The van der Waals surface area contributed by atoms with Crippen LogP contribution in [0.4, 0.5) is 0 Å². The second-order valence-corrected chi connectivity index (χ2v) is 4.87. The molecule has 1 atom stereocenters. The van der Waals surface area contributed by atoms with Crippen molar-refractivity contribution in [1.29, 1.82) is 0 Å². The van der Waals surface area contributed by atoms with Crippen molar-refractivity contribution in [2.75, 3.05) is 13.2 Å². The number of rotatable bonds is 6. The fraction of sp³-hybridized carbons (Fsp3) is 0.917. The Bertz CT molecular complexity index is 230. The van der Waals surface area contributed by atoms with Gasteiger partial charge in [0.05, 0.1) is 6.61 Å². The molecule has 1 amide bonds. The lowest BCUT2D eigenvalue weighted by molar-refractivity contribution is -0.122. The predicted octanol–water partition coefficient (Wildman–Crippen LogP) is 0.382. The van der Waals surface area contributed by atoms with Crippen LogP contribution < -0.4 is 11.3 Å². The minimum absolute atomic E-state index is 0.133. The first-order chi connectivity index (χ1) is 8.19. The Hall–Kier alpha value is -0.650. The monoisotopic (exact) mass is 243 g/mol. The second kappa shape index (κ2) is 7.63. The first-order valence-electron chi connectivity index (χ1n) is 6.55. The van der Waals surface area contributed by atoms with Crippen molar-refractivity contribution in [3.05, 3.63) is 0 Å². The number of nitrogens with zero attached hydrogens (tertiary/aromatic N) is 1. The van der Waals surface area contributed by atoms with E-state index in [1.54, 1.807) is 0 Å². The number of aliphatic hydroxyl groups excluding tert-OH is 1. The van der Waals surface area contributed by atoms with Crippen molar-refractivity contribution in [3.8, 4) is 0 Å². The Balaban J connectivity index is 2.53. The van der Waals surface area contributed by atoms with Crippen LogP contribution in [0.3, 0.4) is 0 Å². The van der Waals surface area contributed by atoms with Crippen LogP contribution in [0.2, 0.25) is 0 Å². The average molecular weight is 243 g/mol. The van der Waals surface area contributed by atoms with Gasteiger partial charge in [0.2, 0.25) is 5.91 Å². The fourth-order valence-electron chi connectivity index (χ4n) is 2.74. The summed E-state index contributed by atoms with van der Waals surface area (Å²) in [5, 5.41) is 9.14. The molecule has 0 aromatic carbocycles. The zero-order chi connectivity index (χ0) is 12.7. The number of nitrogens with one attached hydrogen (secondary N) is 1. The Kier molecular flexibility index (Phi) is 6.47. The largest absolute Gasteiger partial charge is 0.395 e. The molecule has 0 aromatic rings. The Morgan fingerprint density at radius 1 is 1.47 bits per heavy atom. The van der Waals surface area contributed by atoms with E-state index in [4.69, 9.17) is 10.9 Å². The number of aliphatic hydroxyl groups is 1. The summed E-state index contributed by atoms with van der Waals surface area (Å²) in [6, 6.07) is 0.644. The van der Waals surface area contributed by atoms with E-state index in [1.807, 2.05) is 6.92 Å². The summed E-state index contributed by atoms with van der Waals surface area (Å²) < 4.78 is 0. The Morgan fingerprint density at radius 2 is 2.12 bits per heavy atom. The zero-order valence-electron chi connectivity index (χ0n) is 10.7. The van der Waals surface area contributed by atoms with E-state index >= 15 is 0 Å². The van der Waals surface area contributed by atoms with E-state index in [0.717, 1.165) is 0 Å². The summed E-state index contributed by atoms with van der Waals surface area (Å²) in [5.74, 6) is 4.96. The van der Waals surface area contributed by atoms with Crippen molar-refractivity contribution >= 4 is 5.91 Å². The molecule has 17 heavy (non-hydrogen) atoms. The van der Waals surface area contributed by atoms with Crippen molar-refractivity contribution < 1.29 is 9.90 Å². The van der Waals surface area contributed by atoms with E-state index < -0.39 is 0 Å². The number of hydrogen-bond acceptors (Lipinski definition) is 4. The van der Waals surface area contributed by atoms with Gasteiger partial charge in [0.25, 0.3) is 0 Å². The van der Waals surface area contributed by atoms with Gasteiger partial charge in [-0.2, -0.15) is 0 Å². The summed E-state index contributed by atoms with van der Waals surface area (Å²) in [4.78, 5) is 13.5. The van der Waals surface area contributed by atoms with Crippen molar-refractivity contribution in [2.45, 2.75) is 57.5 Å². The molecule has 5 nitrogen and oxygen atoms in total. The molecular formula is C12H25N3O2. The molecule has 0 aliphatic heterocycles. The molecule has 100 valence electrons. The standard InChI is InChI=1S/C12H25N3O2/c1-10(9-12(17)14-13)15(7-8-16)11-5-3-2-4-6-11/h10-11,16H,2-9,13H2,1H3,(H,14,17). The first kappa shape index (κ1) is 14.4. The highest BCUT2D eigenvalue weighted by Crippen LogP contribution is 2.24. The molecule has 1 saturated carbocycles. The van der Waals surface area contributed by atoms with Crippen LogP contribution in [0.15, 0.2) is 0 Å².